The molecule has 2 fully saturated rings. The molecule has 232 valence electrons. The van der Waals surface area contributed by atoms with Crippen LogP contribution < -0.4 is 10.6 Å². The maximum atomic E-state index is 13.1. The fourth-order valence-corrected chi connectivity index (χ4v) is 6.30. The van der Waals surface area contributed by atoms with Crippen molar-refractivity contribution in [2.75, 3.05) is 92.8 Å². The number of piperidine rings is 1. The fraction of sp³-hybridized carbons (Fsp3) is 0.774. The minimum atomic E-state index is -0.0948. The Bertz CT molecular complexity index is 946. The average Bonchev–Trinajstić information content (AvgIpc) is 3.78. The first-order valence-corrected chi connectivity index (χ1v) is 15.3. The minimum absolute atomic E-state index is 0.00855. The molecule has 0 spiro atoms. The zero-order chi connectivity index (χ0) is 29.1. The summed E-state index contributed by atoms with van der Waals surface area (Å²) < 4.78 is 26.8. The average molecular weight is 578 g/mol. The van der Waals surface area contributed by atoms with Crippen LogP contribution in [0.5, 0.6) is 5.75 Å². The lowest BCUT2D eigenvalue weighted by Gasteiger charge is -2.57. The molecule has 2 aliphatic carbocycles. The summed E-state index contributed by atoms with van der Waals surface area (Å²) in [7, 11) is 1.65. The Balaban J connectivity index is 1.14. The van der Waals surface area contributed by atoms with E-state index >= 15 is 0 Å². The second-order valence-corrected chi connectivity index (χ2v) is 11.8. The smallest absolute Gasteiger partial charge is 0.234 e. The lowest BCUT2D eigenvalue weighted by Crippen LogP contribution is -2.63. The number of nitrogens with zero attached hydrogens (tertiary/aromatic N) is 1. The lowest BCUT2D eigenvalue weighted by atomic mass is 9.57. The molecule has 4 rings (SSSR count). The van der Waals surface area contributed by atoms with E-state index < -0.39 is 0 Å². The zero-order valence-electron chi connectivity index (χ0n) is 25.2. The third-order valence-electron chi connectivity index (χ3n) is 8.95. The number of methoxy groups -OCH3 is 1. The molecule has 3 aliphatic rings. The Hall–Kier alpha value is -1.79. The highest BCUT2D eigenvalue weighted by molar-refractivity contribution is 5.79. The molecule has 10 heteroatoms. The zero-order valence-corrected chi connectivity index (χ0v) is 25.2. The van der Waals surface area contributed by atoms with Gasteiger partial charge in [-0.2, -0.15) is 0 Å². The Labute approximate surface area is 245 Å². The van der Waals surface area contributed by atoms with Crippen molar-refractivity contribution in [3.05, 3.63) is 29.3 Å². The predicted octanol–water partition coefficient (Wildman–Crippen LogP) is 2.24. The molecule has 1 saturated carbocycles. The van der Waals surface area contributed by atoms with Crippen molar-refractivity contribution in [2.24, 2.45) is 11.8 Å². The number of carbonyl (C=O) groups is 1. The number of nitrogens with one attached hydrogen (secondary N) is 2. The number of phenols is 1. The van der Waals surface area contributed by atoms with Crippen molar-refractivity contribution >= 4 is 5.91 Å². The Morgan fingerprint density at radius 3 is 2.27 bits per heavy atom. The SMILES string of the molecule is COCCOCCOCCOCCOCCNCC(=O)NC1c2ccc(O)cc2[C@@]2(C)CCN(CC3CC3)[C@H]1[C@@H]2C. The van der Waals surface area contributed by atoms with Gasteiger partial charge in [0.2, 0.25) is 5.91 Å². The lowest BCUT2D eigenvalue weighted by molar-refractivity contribution is -0.122. The van der Waals surface area contributed by atoms with Crippen LogP contribution in [0.3, 0.4) is 0 Å². The van der Waals surface area contributed by atoms with E-state index in [0.29, 0.717) is 77.7 Å². The fourth-order valence-electron chi connectivity index (χ4n) is 6.30. The second kappa shape index (κ2) is 16.2. The van der Waals surface area contributed by atoms with Gasteiger partial charge in [-0.15, -0.1) is 0 Å². The molecule has 0 radical (unpaired) electrons. The van der Waals surface area contributed by atoms with Crippen LogP contribution in [0.1, 0.15) is 50.3 Å². The number of likely N-dealkylation sites (tertiary alicyclic amines) is 1. The van der Waals surface area contributed by atoms with E-state index in [4.69, 9.17) is 23.7 Å². The number of hydrogen-bond donors (Lipinski definition) is 3. The van der Waals surface area contributed by atoms with E-state index in [1.807, 2.05) is 12.1 Å². The summed E-state index contributed by atoms with van der Waals surface area (Å²) in [5.41, 5.74) is 2.32. The molecule has 0 aromatic heterocycles. The monoisotopic (exact) mass is 577 g/mol. The molecule has 1 saturated heterocycles. The van der Waals surface area contributed by atoms with Crippen LogP contribution in [0, 0.1) is 11.8 Å². The van der Waals surface area contributed by atoms with E-state index in [-0.39, 0.29) is 30.0 Å². The summed E-state index contributed by atoms with van der Waals surface area (Å²) >= 11 is 0. The van der Waals surface area contributed by atoms with Crippen LogP contribution in [0.2, 0.25) is 0 Å². The van der Waals surface area contributed by atoms with Crippen molar-refractivity contribution < 1.29 is 33.6 Å². The van der Waals surface area contributed by atoms with Crippen molar-refractivity contribution in [1.29, 1.82) is 0 Å². The third-order valence-corrected chi connectivity index (χ3v) is 8.95. The molecular weight excluding hydrogens is 526 g/mol. The summed E-state index contributed by atoms with van der Waals surface area (Å²) in [6.07, 6.45) is 3.70. The molecule has 1 amide bonds. The molecule has 1 aromatic rings. The van der Waals surface area contributed by atoms with Gasteiger partial charge in [0.05, 0.1) is 72.0 Å². The summed E-state index contributed by atoms with van der Waals surface area (Å²) in [4.78, 5) is 15.7. The van der Waals surface area contributed by atoms with Crippen LogP contribution in [-0.2, 0) is 33.9 Å². The highest BCUT2D eigenvalue weighted by Gasteiger charge is 2.53. The quantitative estimate of drug-likeness (QED) is 0.201. The molecule has 1 unspecified atom stereocenters. The number of rotatable bonds is 20. The van der Waals surface area contributed by atoms with Crippen LogP contribution in [0.25, 0.3) is 0 Å². The molecule has 2 bridgehead atoms. The molecule has 10 nitrogen and oxygen atoms in total. The standard InChI is InChI=1S/C31H51N3O7/c1-23-30-29(26-7-6-25(35)20-27(26)31(23,2)8-10-34(30)22-24-4-5-24)33-28(36)21-32-9-11-38-14-15-40-18-19-41-17-16-39-13-12-37-3/h6-7,20,23-24,29-30,32,35H,4-5,8-19,21-22H2,1-3H3,(H,33,36)/t23-,29?,30-,31-/m0/s1. The van der Waals surface area contributed by atoms with Crippen LogP contribution in [0.15, 0.2) is 18.2 Å². The maximum Gasteiger partial charge on any atom is 0.234 e. The largest absolute Gasteiger partial charge is 0.508 e. The van der Waals surface area contributed by atoms with E-state index in [1.165, 1.54) is 18.4 Å². The van der Waals surface area contributed by atoms with Gasteiger partial charge in [-0.1, -0.05) is 19.9 Å². The second-order valence-electron chi connectivity index (χ2n) is 11.8. The van der Waals surface area contributed by atoms with Gasteiger partial charge < -0.3 is 39.4 Å². The van der Waals surface area contributed by atoms with E-state index in [0.717, 1.165) is 31.0 Å². The third kappa shape index (κ3) is 9.10. The topological polar surface area (TPSA) is 111 Å². The van der Waals surface area contributed by atoms with Gasteiger partial charge in [0.1, 0.15) is 5.75 Å². The van der Waals surface area contributed by atoms with Gasteiger partial charge in [-0.05, 0) is 66.3 Å². The first kappa shape index (κ1) is 32.1. The first-order valence-electron chi connectivity index (χ1n) is 15.3. The van der Waals surface area contributed by atoms with E-state index in [1.54, 1.807) is 13.2 Å². The predicted molar refractivity (Wildman–Crippen MR) is 156 cm³/mol. The van der Waals surface area contributed by atoms with Gasteiger partial charge in [-0.25, -0.2) is 0 Å². The molecule has 4 atom stereocenters. The number of amides is 1. The van der Waals surface area contributed by atoms with Crippen molar-refractivity contribution in [3.63, 3.8) is 0 Å². The van der Waals surface area contributed by atoms with Gasteiger partial charge in [-0.3, -0.25) is 9.69 Å². The number of phenolic OH excluding ortho intramolecular Hbond substituents is 1. The normalized spacial score (nSPS) is 25.7. The summed E-state index contributed by atoms with van der Waals surface area (Å²) in [6.45, 7) is 12.4. The van der Waals surface area contributed by atoms with Gasteiger partial charge in [0.25, 0.3) is 0 Å². The van der Waals surface area contributed by atoms with Crippen LogP contribution >= 0.6 is 0 Å². The summed E-state index contributed by atoms with van der Waals surface area (Å²) in [5, 5.41) is 16.9. The van der Waals surface area contributed by atoms with Gasteiger partial charge >= 0.3 is 0 Å². The van der Waals surface area contributed by atoms with Crippen LogP contribution in [-0.4, -0.2) is 115 Å². The molecular formula is C31H51N3O7. The van der Waals surface area contributed by atoms with E-state index in [9.17, 15) is 9.90 Å². The number of hydrogen-bond acceptors (Lipinski definition) is 9. The molecule has 3 N–H and O–H groups in total. The molecule has 1 heterocycles. The minimum Gasteiger partial charge on any atom is -0.508 e. The number of benzene rings is 1. The highest BCUT2D eigenvalue weighted by atomic mass is 16.6. The summed E-state index contributed by atoms with van der Waals surface area (Å²) in [5.74, 6) is 1.43. The van der Waals surface area contributed by atoms with E-state index in [2.05, 4.69) is 29.4 Å². The Kier molecular flexibility index (Phi) is 12.7. The maximum absolute atomic E-state index is 13.1. The Morgan fingerprint density at radius 1 is 1.00 bits per heavy atom. The number of fused-ring (bicyclic) bond motifs is 4. The first-order chi connectivity index (χ1) is 19.9. The number of ether oxygens (including phenoxy) is 5. The molecule has 41 heavy (non-hydrogen) atoms. The molecule has 1 aromatic carbocycles. The van der Waals surface area contributed by atoms with Gasteiger partial charge in [0, 0.05) is 26.2 Å². The summed E-state index contributed by atoms with van der Waals surface area (Å²) in [6, 6.07) is 5.85. The number of aromatic hydroxyl groups is 1. The van der Waals surface area contributed by atoms with Crippen molar-refractivity contribution in [1.82, 2.24) is 15.5 Å². The molecule has 1 aliphatic heterocycles. The Morgan fingerprint density at radius 2 is 1.63 bits per heavy atom. The van der Waals surface area contributed by atoms with Gasteiger partial charge in [0.15, 0.2) is 0 Å². The van der Waals surface area contributed by atoms with Crippen molar-refractivity contribution in [2.45, 2.75) is 50.6 Å². The van der Waals surface area contributed by atoms with Crippen molar-refractivity contribution in [3.8, 4) is 5.75 Å². The highest BCUT2D eigenvalue weighted by Crippen LogP contribution is 2.53. The number of carbonyl (C=O) groups excluding carboxylic acids is 1. The van der Waals surface area contributed by atoms with Crippen LogP contribution in [0.4, 0.5) is 0 Å².